The summed E-state index contributed by atoms with van der Waals surface area (Å²) in [6.07, 6.45) is 3.54. The maximum Gasteiger partial charge on any atom is 0.253 e. The number of hydrogen-bond donors (Lipinski definition) is 2. The fourth-order valence-corrected chi connectivity index (χ4v) is 5.97. The number of rotatable bonds is 6. The van der Waals surface area contributed by atoms with Gasteiger partial charge in [0.05, 0.1) is 22.7 Å². The second-order valence-corrected chi connectivity index (χ2v) is 11.1. The minimum atomic E-state index is -3.63. The fourth-order valence-electron chi connectivity index (χ4n) is 4.47. The minimum Gasteiger partial charge on any atom is -0.371 e. The molecule has 2 aromatic rings. The van der Waals surface area contributed by atoms with Crippen LogP contribution in [0.4, 0.5) is 0 Å². The van der Waals surface area contributed by atoms with Crippen molar-refractivity contribution in [1.82, 2.24) is 19.5 Å². The molecule has 2 fully saturated rings. The predicted octanol–water partition coefficient (Wildman–Crippen LogP) is 1.53. The van der Waals surface area contributed by atoms with Crippen molar-refractivity contribution in [1.29, 1.82) is 0 Å². The van der Waals surface area contributed by atoms with Gasteiger partial charge in [0, 0.05) is 45.1 Å². The highest BCUT2D eigenvalue weighted by Gasteiger charge is 2.41. The first kappa shape index (κ1) is 25.3. The van der Waals surface area contributed by atoms with E-state index in [4.69, 9.17) is 4.74 Å². The summed E-state index contributed by atoms with van der Waals surface area (Å²) in [6.45, 7) is 8.56. The maximum absolute atomic E-state index is 13.3. The molecular weight excluding hydrogens is 466 g/mol. The van der Waals surface area contributed by atoms with Gasteiger partial charge in [0.25, 0.3) is 5.91 Å². The van der Waals surface area contributed by atoms with Crippen LogP contribution < -0.4 is 16.1 Å². The van der Waals surface area contributed by atoms with Gasteiger partial charge in [-0.3, -0.25) is 4.79 Å². The van der Waals surface area contributed by atoms with Crippen molar-refractivity contribution in [2.24, 2.45) is 12.0 Å². The lowest BCUT2D eigenvalue weighted by Crippen LogP contribution is -2.59. The largest absolute Gasteiger partial charge is 0.371 e. The van der Waals surface area contributed by atoms with Gasteiger partial charge in [-0.15, -0.1) is 0 Å². The number of hydrogen-bond acceptors (Lipinski definition) is 6. The van der Waals surface area contributed by atoms with Crippen molar-refractivity contribution in [2.75, 3.05) is 32.8 Å². The molecular formula is C25H33N5O4S. The Labute approximate surface area is 206 Å². The van der Waals surface area contributed by atoms with Crippen LogP contribution in [0.5, 0.6) is 0 Å². The minimum absolute atomic E-state index is 0.223. The van der Waals surface area contributed by atoms with E-state index in [2.05, 4.69) is 22.2 Å². The van der Waals surface area contributed by atoms with Crippen LogP contribution in [-0.4, -0.2) is 61.6 Å². The van der Waals surface area contributed by atoms with E-state index in [1.54, 1.807) is 47.2 Å². The van der Waals surface area contributed by atoms with E-state index >= 15 is 0 Å². The second-order valence-electron chi connectivity index (χ2n) is 9.21. The number of sulfonamides is 1. The van der Waals surface area contributed by atoms with Gasteiger partial charge in [-0.05, 0) is 56.1 Å². The summed E-state index contributed by atoms with van der Waals surface area (Å²) in [6, 6.07) is 10.2. The Kier molecular flexibility index (Phi) is 7.56. The first-order chi connectivity index (χ1) is 16.7. The molecule has 9 nitrogen and oxygen atoms in total. The smallest absolute Gasteiger partial charge is 0.253 e. The monoisotopic (exact) mass is 499 g/mol. The molecule has 2 N–H and O–H groups in total. The number of amides is 1. The zero-order valence-corrected chi connectivity index (χ0v) is 21.1. The van der Waals surface area contributed by atoms with E-state index in [9.17, 15) is 13.2 Å². The molecule has 0 saturated carbocycles. The van der Waals surface area contributed by atoms with E-state index < -0.39 is 15.6 Å². The van der Waals surface area contributed by atoms with E-state index in [0.717, 1.165) is 24.9 Å². The molecule has 4 rings (SSSR count). The molecule has 3 heterocycles. The number of carbonyl (C=O) groups is 1. The second kappa shape index (κ2) is 10.4. The number of morpholine rings is 1. The molecule has 2 aliphatic rings. The van der Waals surface area contributed by atoms with Gasteiger partial charge < -0.3 is 19.9 Å². The molecule has 188 valence electrons. The summed E-state index contributed by atoms with van der Waals surface area (Å²) >= 11 is 0. The Bertz CT molecular complexity index is 1260. The van der Waals surface area contributed by atoms with Gasteiger partial charge in [-0.25, -0.2) is 13.4 Å². The number of aromatic nitrogens is 1. The van der Waals surface area contributed by atoms with Crippen LogP contribution in [-0.2, 0) is 28.4 Å². The van der Waals surface area contributed by atoms with Crippen LogP contribution in [0.2, 0.25) is 0 Å². The molecule has 2 saturated heterocycles. The van der Waals surface area contributed by atoms with Gasteiger partial charge in [0.2, 0.25) is 10.0 Å². The molecule has 0 radical (unpaired) electrons. The Hall–Kier alpha value is -2.79. The Morgan fingerprint density at radius 1 is 1.26 bits per heavy atom. The number of allylic oxidation sites excluding steroid dienone is 1. The molecule has 1 aromatic heterocycles. The number of benzene rings is 1. The van der Waals surface area contributed by atoms with Gasteiger partial charge in [-0.1, -0.05) is 18.7 Å². The highest BCUT2D eigenvalue weighted by molar-refractivity contribution is 7.89. The first-order valence-corrected chi connectivity index (χ1v) is 13.2. The summed E-state index contributed by atoms with van der Waals surface area (Å²) in [4.78, 5) is 17.2. The lowest BCUT2D eigenvalue weighted by atomic mass is 9.93. The van der Waals surface area contributed by atoms with Crippen LogP contribution in [0.25, 0.3) is 0 Å². The SMILES string of the molecule is C=C(C)N=c1ccc(C(=O)NCc2ccc(S(=O)(=O)N3CCOC4(CCCNC4)C3)cc2)cn1C. The number of pyridine rings is 1. The van der Waals surface area contributed by atoms with Crippen LogP contribution >= 0.6 is 0 Å². The molecule has 2 aliphatic heterocycles. The highest BCUT2D eigenvalue weighted by Crippen LogP contribution is 2.29. The Balaban J connectivity index is 1.39. The fraction of sp³-hybridized carbons (Fsp3) is 0.440. The number of carbonyl (C=O) groups excluding carboxylic acids is 1. The van der Waals surface area contributed by atoms with Crippen LogP contribution in [0.1, 0.15) is 35.7 Å². The van der Waals surface area contributed by atoms with Gasteiger partial charge >= 0.3 is 0 Å². The molecule has 1 spiro atoms. The van der Waals surface area contributed by atoms with E-state index in [0.29, 0.717) is 43.0 Å². The third kappa shape index (κ3) is 5.90. The number of ether oxygens (including phenoxy) is 1. The Morgan fingerprint density at radius 2 is 2.03 bits per heavy atom. The quantitative estimate of drug-likeness (QED) is 0.627. The molecule has 1 unspecified atom stereocenters. The maximum atomic E-state index is 13.3. The van der Waals surface area contributed by atoms with Crippen LogP contribution in [0.3, 0.4) is 0 Å². The molecule has 10 heteroatoms. The van der Waals surface area contributed by atoms with Crippen molar-refractivity contribution < 1.29 is 17.9 Å². The lowest BCUT2D eigenvalue weighted by molar-refractivity contribution is -0.100. The molecule has 1 aromatic carbocycles. The van der Waals surface area contributed by atoms with Crippen molar-refractivity contribution in [3.8, 4) is 0 Å². The molecule has 0 aliphatic carbocycles. The van der Waals surface area contributed by atoms with Gasteiger partial charge in [0.15, 0.2) is 0 Å². The van der Waals surface area contributed by atoms with Crippen molar-refractivity contribution in [3.05, 3.63) is 71.5 Å². The third-order valence-corrected chi connectivity index (χ3v) is 8.19. The molecule has 35 heavy (non-hydrogen) atoms. The van der Waals surface area contributed by atoms with Crippen molar-refractivity contribution in [2.45, 2.75) is 36.8 Å². The summed E-state index contributed by atoms with van der Waals surface area (Å²) in [7, 11) is -1.81. The van der Waals surface area contributed by atoms with Gasteiger partial charge in [-0.2, -0.15) is 4.31 Å². The van der Waals surface area contributed by atoms with E-state index in [1.165, 1.54) is 4.31 Å². The molecule has 0 bridgehead atoms. The predicted molar refractivity (Wildman–Crippen MR) is 133 cm³/mol. The van der Waals surface area contributed by atoms with Crippen molar-refractivity contribution >= 4 is 15.9 Å². The lowest BCUT2D eigenvalue weighted by Gasteiger charge is -2.44. The number of aryl methyl sites for hydroxylation is 1. The van der Waals surface area contributed by atoms with Crippen molar-refractivity contribution in [3.63, 3.8) is 0 Å². The first-order valence-electron chi connectivity index (χ1n) is 11.8. The summed E-state index contributed by atoms with van der Waals surface area (Å²) in [5.41, 5.74) is 2.26. The summed E-state index contributed by atoms with van der Waals surface area (Å²) < 4.78 is 35.8. The zero-order chi connectivity index (χ0) is 25.1. The summed E-state index contributed by atoms with van der Waals surface area (Å²) in [5.74, 6) is -0.223. The van der Waals surface area contributed by atoms with E-state index in [-0.39, 0.29) is 17.3 Å². The highest BCUT2D eigenvalue weighted by atomic mass is 32.2. The number of piperidine rings is 1. The zero-order valence-electron chi connectivity index (χ0n) is 20.3. The van der Waals surface area contributed by atoms with Gasteiger partial charge in [0.1, 0.15) is 5.49 Å². The third-order valence-electron chi connectivity index (χ3n) is 6.33. The molecule has 1 amide bonds. The summed E-state index contributed by atoms with van der Waals surface area (Å²) in [5, 5.41) is 6.20. The number of nitrogens with zero attached hydrogens (tertiary/aromatic N) is 3. The number of nitrogens with one attached hydrogen (secondary N) is 2. The normalized spacial score (nSPS) is 21.7. The van der Waals surface area contributed by atoms with E-state index in [1.807, 2.05) is 14.0 Å². The Morgan fingerprint density at radius 3 is 2.69 bits per heavy atom. The average Bonchev–Trinajstić information content (AvgIpc) is 2.84. The average molecular weight is 500 g/mol. The van der Waals surface area contributed by atoms with Crippen LogP contribution in [0, 0.1) is 0 Å². The standard InChI is InChI=1S/C25H33N5O4S/c1-19(2)28-23-10-7-21(16-29(23)3)24(31)27-15-20-5-8-22(9-6-20)35(32,33)30-13-14-34-25(18-30)11-4-12-26-17-25/h5-10,16,26H,1,4,11-15,17-18H2,2-3H3,(H,27,31). The van der Waals surface area contributed by atoms with Crippen LogP contribution in [0.15, 0.2) is 64.8 Å². The molecule has 1 atom stereocenters. The topological polar surface area (TPSA) is 105 Å².